The summed E-state index contributed by atoms with van der Waals surface area (Å²) in [5.41, 5.74) is 7.75. The zero-order valence-corrected chi connectivity index (χ0v) is 11.2. The number of anilines is 1. The van der Waals surface area contributed by atoms with Gasteiger partial charge < -0.3 is 15.8 Å². The van der Waals surface area contributed by atoms with E-state index in [1.165, 1.54) is 0 Å². The molecule has 0 saturated heterocycles. The monoisotopic (exact) mass is 272 g/mol. The number of hydrogen-bond donors (Lipinski definition) is 2. The van der Waals surface area contributed by atoms with Gasteiger partial charge in [-0.15, -0.1) is 0 Å². The van der Waals surface area contributed by atoms with Gasteiger partial charge in [-0.25, -0.2) is 0 Å². The average molecular weight is 272 g/mol. The van der Waals surface area contributed by atoms with Crippen LogP contribution in [0.3, 0.4) is 0 Å². The Morgan fingerprint density at radius 1 is 1.35 bits per heavy atom. The van der Waals surface area contributed by atoms with Crippen molar-refractivity contribution in [1.29, 1.82) is 0 Å². The molecule has 1 amide bonds. The van der Waals surface area contributed by atoms with Crippen molar-refractivity contribution in [1.82, 2.24) is 15.3 Å². The number of aryl methyl sites for hydroxylation is 1. The minimum absolute atomic E-state index is 0.0667. The Balaban J connectivity index is 1.77. The van der Waals surface area contributed by atoms with Gasteiger partial charge in [-0.3, -0.25) is 14.8 Å². The molecule has 0 saturated carbocycles. The first-order valence-corrected chi connectivity index (χ1v) is 6.16. The van der Waals surface area contributed by atoms with Gasteiger partial charge >= 0.3 is 0 Å². The lowest BCUT2D eigenvalue weighted by atomic mass is 10.3. The molecule has 0 spiro atoms. The van der Waals surface area contributed by atoms with E-state index in [2.05, 4.69) is 15.3 Å². The number of ether oxygens (including phenoxy) is 1. The highest BCUT2D eigenvalue weighted by atomic mass is 16.5. The highest BCUT2D eigenvalue weighted by Crippen LogP contribution is 2.13. The summed E-state index contributed by atoms with van der Waals surface area (Å²) in [6.45, 7) is 2.11. The SMILES string of the molecule is Cc1cnc(CNC(=O)COc2cccc(N)c2)cn1. The van der Waals surface area contributed by atoms with E-state index in [9.17, 15) is 4.79 Å². The summed E-state index contributed by atoms with van der Waals surface area (Å²) < 4.78 is 5.33. The highest BCUT2D eigenvalue weighted by Gasteiger charge is 2.04. The van der Waals surface area contributed by atoms with Crippen LogP contribution in [0.15, 0.2) is 36.7 Å². The number of nitrogens with two attached hydrogens (primary N) is 1. The third-order valence-electron chi connectivity index (χ3n) is 2.53. The first-order valence-electron chi connectivity index (χ1n) is 6.16. The number of amides is 1. The number of benzene rings is 1. The Bertz CT molecular complexity index is 584. The number of hydrogen-bond acceptors (Lipinski definition) is 5. The summed E-state index contributed by atoms with van der Waals surface area (Å²) in [4.78, 5) is 19.9. The highest BCUT2D eigenvalue weighted by molar-refractivity contribution is 5.77. The number of nitrogen functional groups attached to an aromatic ring is 1. The van der Waals surface area contributed by atoms with Gasteiger partial charge in [0.25, 0.3) is 5.91 Å². The molecule has 1 aromatic carbocycles. The maximum atomic E-state index is 11.6. The molecule has 0 atom stereocenters. The Morgan fingerprint density at radius 2 is 2.20 bits per heavy atom. The van der Waals surface area contributed by atoms with Crippen LogP contribution < -0.4 is 15.8 Å². The second-order valence-corrected chi connectivity index (χ2v) is 4.29. The third-order valence-corrected chi connectivity index (χ3v) is 2.53. The van der Waals surface area contributed by atoms with Crippen LogP contribution in [-0.4, -0.2) is 22.5 Å². The smallest absolute Gasteiger partial charge is 0.258 e. The maximum Gasteiger partial charge on any atom is 0.258 e. The van der Waals surface area contributed by atoms with Crippen LogP contribution in [0.1, 0.15) is 11.4 Å². The standard InChI is InChI=1S/C14H16N4O2/c1-10-6-17-12(7-16-10)8-18-14(19)9-20-13-4-2-3-11(15)5-13/h2-7H,8-9,15H2,1H3,(H,18,19). The van der Waals surface area contributed by atoms with Gasteiger partial charge in [0.15, 0.2) is 6.61 Å². The maximum absolute atomic E-state index is 11.6. The van der Waals surface area contributed by atoms with E-state index < -0.39 is 0 Å². The minimum atomic E-state index is -0.227. The number of carbonyl (C=O) groups excluding carboxylic acids is 1. The molecule has 0 aliphatic rings. The second-order valence-electron chi connectivity index (χ2n) is 4.29. The van der Waals surface area contributed by atoms with Crippen molar-refractivity contribution in [3.8, 4) is 5.75 Å². The van der Waals surface area contributed by atoms with E-state index in [0.717, 1.165) is 5.69 Å². The number of nitrogens with one attached hydrogen (secondary N) is 1. The molecule has 0 unspecified atom stereocenters. The number of carbonyl (C=O) groups is 1. The summed E-state index contributed by atoms with van der Waals surface area (Å²) >= 11 is 0. The summed E-state index contributed by atoms with van der Waals surface area (Å²) in [7, 11) is 0. The summed E-state index contributed by atoms with van der Waals surface area (Å²) in [6, 6.07) is 6.93. The van der Waals surface area contributed by atoms with Gasteiger partial charge in [0, 0.05) is 18.0 Å². The van der Waals surface area contributed by atoms with Gasteiger partial charge in [0.1, 0.15) is 5.75 Å². The van der Waals surface area contributed by atoms with Crippen molar-refractivity contribution in [3.63, 3.8) is 0 Å². The van der Waals surface area contributed by atoms with Crippen LogP contribution in [0.2, 0.25) is 0 Å². The van der Waals surface area contributed by atoms with Crippen molar-refractivity contribution in [2.75, 3.05) is 12.3 Å². The van der Waals surface area contributed by atoms with Crippen molar-refractivity contribution >= 4 is 11.6 Å². The van der Waals surface area contributed by atoms with Crippen LogP contribution in [0.4, 0.5) is 5.69 Å². The van der Waals surface area contributed by atoms with Crippen LogP contribution in [-0.2, 0) is 11.3 Å². The van der Waals surface area contributed by atoms with E-state index in [4.69, 9.17) is 10.5 Å². The normalized spacial score (nSPS) is 10.1. The molecule has 3 N–H and O–H groups in total. The first kappa shape index (κ1) is 13.8. The quantitative estimate of drug-likeness (QED) is 0.794. The second kappa shape index (κ2) is 6.51. The van der Waals surface area contributed by atoms with Gasteiger partial charge in [0.05, 0.1) is 24.1 Å². The topological polar surface area (TPSA) is 90.1 Å². The summed E-state index contributed by atoms with van der Waals surface area (Å²) in [5.74, 6) is 0.338. The molecular formula is C14H16N4O2. The predicted molar refractivity (Wildman–Crippen MR) is 75.0 cm³/mol. The predicted octanol–water partition coefficient (Wildman–Crippen LogP) is 1.06. The molecule has 0 fully saturated rings. The van der Waals surface area contributed by atoms with E-state index >= 15 is 0 Å². The molecule has 6 nitrogen and oxygen atoms in total. The summed E-state index contributed by atoms with van der Waals surface area (Å²) in [5, 5.41) is 2.71. The third kappa shape index (κ3) is 4.24. The van der Waals surface area contributed by atoms with Gasteiger partial charge in [-0.2, -0.15) is 0 Å². The van der Waals surface area contributed by atoms with Crippen molar-refractivity contribution in [2.45, 2.75) is 13.5 Å². The molecule has 104 valence electrons. The molecule has 0 aliphatic carbocycles. The van der Waals surface area contributed by atoms with Crippen molar-refractivity contribution in [3.05, 3.63) is 48.0 Å². The van der Waals surface area contributed by atoms with E-state index in [1.54, 1.807) is 36.7 Å². The largest absolute Gasteiger partial charge is 0.484 e. The fourth-order valence-electron chi connectivity index (χ4n) is 1.50. The van der Waals surface area contributed by atoms with Crippen LogP contribution in [0.25, 0.3) is 0 Å². The van der Waals surface area contributed by atoms with E-state index in [1.807, 2.05) is 6.92 Å². The minimum Gasteiger partial charge on any atom is -0.484 e. The Labute approximate surface area is 117 Å². The molecule has 1 heterocycles. The van der Waals surface area contributed by atoms with Gasteiger partial charge in [0.2, 0.25) is 0 Å². The fourth-order valence-corrected chi connectivity index (χ4v) is 1.50. The zero-order chi connectivity index (χ0) is 14.4. The first-order chi connectivity index (χ1) is 9.63. The Morgan fingerprint density at radius 3 is 2.90 bits per heavy atom. The molecule has 0 radical (unpaired) electrons. The van der Waals surface area contributed by atoms with Gasteiger partial charge in [-0.1, -0.05) is 6.07 Å². The Hall–Kier alpha value is -2.63. The molecule has 20 heavy (non-hydrogen) atoms. The Kier molecular flexibility index (Phi) is 4.49. The molecule has 0 aliphatic heterocycles. The molecule has 1 aromatic heterocycles. The van der Waals surface area contributed by atoms with Gasteiger partial charge in [-0.05, 0) is 19.1 Å². The average Bonchev–Trinajstić information content (AvgIpc) is 2.45. The van der Waals surface area contributed by atoms with Crippen molar-refractivity contribution < 1.29 is 9.53 Å². The van der Waals surface area contributed by atoms with Crippen LogP contribution in [0.5, 0.6) is 5.75 Å². The molecule has 2 rings (SSSR count). The lowest BCUT2D eigenvalue weighted by Crippen LogP contribution is -2.28. The number of aromatic nitrogens is 2. The zero-order valence-electron chi connectivity index (χ0n) is 11.2. The summed E-state index contributed by atoms with van der Waals surface area (Å²) in [6.07, 6.45) is 3.29. The molecular weight excluding hydrogens is 256 g/mol. The molecule has 0 bridgehead atoms. The lowest BCUT2D eigenvalue weighted by Gasteiger charge is -2.07. The van der Waals surface area contributed by atoms with E-state index in [0.29, 0.717) is 23.7 Å². The fraction of sp³-hybridized carbons (Fsp3) is 0.214. The van der Waals surface area contributed by atoms with E-state index in [-0.39, 0.29) is 12.5 Å². The molecule has 2 aromatic rings. The number of rotatable bonds is 5. The van der Waals surface area contributed by atoms with Crippen molar-refractivity contribution in [2.24, 2.45) is 0 Å². The lowest BCUT2D eigenvalue weighted by molar-refractivity contribution is -0.123. The molecule has 6 heteroatoms. The number of nitrogens with zero attached hydrogens (tertiary/aromatic N) is 2. The van der Waals surface area contributed by atoms with Crippen LogP contribution >= 0.6 is 0 Å². The van der Waals surface area contributed by atoms with Crippen LogP contribution in [0, 0.1) is 6.92 Å².